The molecule has 0 bridgehead atoms. The van der Waals surface area contributed by atoms with E-state index in [2.05, 4.69) is 188 Å². The van der Waals surface area contributed by atoms with Crippen LogP contribution in [0.4, 0.5) is 11.4 Å². The van der Waals surface area contributed by atoms with Crippen LogP contribution in [0.3, 0.4) is 0 Å². The molecule has 0 aliphatic rings. The molecule has 0 unspecified atom stereocenters. The highest BCUT2D eigenvalue weighted by Gasteiger charge is 2.22. The average molecular weight is 630 g/mol. The Hall–Kier alpha value is -6.38. The molecule has 0 atom stereocenters. The highest BCUT2D eigenvalue weighted by molar-refractivity contribution is 6.19. The molecule has 0 aliphatic heterocycles. The van der Waals surface area contributed by atoms with E-state index >= 15 is 0 Å². The minimum absolute atomic E-state index is 0.880. The number of para-hydroxylation sites is 2. The van der Waals surface area contributed by atoms with E-state index in [9.17, 15) is 0 Å². The summed E-state index contributed by atoms with van der Waals surface area (Å²) in [5.74, 6) is 0. The number of nitrogens with zero attached hydrogens (tertiary/aromatic N) is 1. The average Bonchev–Trinajstić information content (AvgIpc) is 3.56. The normalized spacial score (nSPS) is 12.1. The summed E-state index contributed by atoms with van der Waals surface area (Å²) in [4.78, 5) is 2.37. The van der Waals surface area contributed by atoms with E-state index in [4.69, 9.17) is 4.42 Å². The Morgan fingerprint density at radius 2 is 1.27 bits per heavy atom. The molecule has 0 fully saturated rings. The number of hydrogen-bond acceptors (Lipinski definition) is 2. The van der Waals surface area contributed by atoms with Gasteiger partial charge in [-0.15, -0.1) is 0 Å². The van der Waals surface area contributed by atoms with Crippen molar-refractivity contribution in [3.8, 4) is 22.3 Å². The molecular formula is C47H35NO. The van der Waals surface area contributed by atoms with Crippen LogP contribution in [-0.2, 0) is 0 Å². The van der Waals surface area contributed by atoms with E-state index in [1.54, 1.807) is 0 Å². The van der Waals surface area contributed by atoms with Gasteiger partial charge in [0, 0.05) is 38.7 Å². The van der Waals surface area contributed by atoms with E-state index in [0.29, 0.717) is 0 Å². The van der Waals surface area contributed by atoms with Crippen molar-refractivity contribution in [2.24, 2.45) is 0 Å². The Labute approximate surface area is 287 Å². The Morgan fingerprint density at radius 1 is 0.592 bits per heavy atom. The second kappa shape index (κ2) is 13.0. The van der Waals surface area contributed by atoms with Gasteiger partial charge < -0.3 is 9.32 Å². The number of hydrogen-bond donors (Lipinski definition) is 0. The summed E-state index contributed by atoms with van der Waals surface area (Å²) in [6, 6.07) is 57.9. The van der Waals surface area contributed by atoms with Gasteiger partial charge in [-0.3, -0.25) is 0 Å². The minimum atomic E-state index is 0.880. The van der Waals surface area contributed by atoms with Gasteiger partial charge in [-0.25, -0.2) is 0 Å². The van der Waals surface area contributed by atoms with Crippen molar-refractivity contribution in [1.82, 2.24) is 0 Å². The smallest absolute Gasteiger partial charge is 0.143 e. The van der Waals surface area contributed by atoms with Crippen LogP contribution in [-0.4, -0.2) is 0 Å². The van der Waals surface area contributed by atoms with Crippen molar-refractivity contribution in [3.63, 3.8) is 0 Å². The molecular weight excluding hydrogens is 595 g/mol. The zero-order valence-electron chi connectivity index (χ0n) is 27.4. The topological polar surface area (TPSA) is 16.4 Å². The van der Waals surface area contributed by atoms with Gasteiger partial charge in [0.25, 0.3) is 0 Å². The molecule has 8 aromatic rings. The lowest BCUT2D eigenvalue weighted by atomic mass is 9.95. The van der Waals surface area contributed by atoms with Gasteiger partial charge in [-0.2, -0.15) is 0 Å². The largest absolute Gasteiger partial charge is 0.455 e. The lowest BCUT2D eigenvalue weighted by Crippen LogP contribution is -2.17. The van der Waals surface area contributed by atoms with E-state index in [0.717, 1.165) is 66.7 Å². The van der Waals surface area contributed by atoms with E-state index in [1.165, 1.54) is 16.5 Å². The first-order valence-corrected chi connectivity index (χ1v) is 16.6. The lowest BCUT2D eigenvalue weighted by Gasteiger charge is -2.30. The van der Waals surface area contributed by atoms with Gasteiger partial charge in [0.05, 0.1) is 5.69 Å². The van der Waals surface area contributed by atoms with Gasteiger partial charge >= 0.3 is 0 Å². The van der Waals surface area contributed by atoms with Gasteiger partial charge in [0.15, 0.2) is 0 Å². The van der Waals surface area contributed by atoms with Crippen LogP contribution in [0, 0.1) is 0 Å². The summed E-state index contributed by atoms with van der Waals surface area (Å²) in [6.07, 6.45) is 6.01. The lowest BCUT2D eigenvalue weighted by molar-refractivity contribution is 0.673. The molecule has 0 spiro atoms. The van der Waals surface area contributed by atoms with Crippen LogP contribution in [0.2, 0.25) is 0 Å². The van der Waals surface area contributed by atoms with Crippen molar-refractivity contribution < 1.29 is 4.42 Å². The molecule has 0 aliphatic carbocycles. The van der Waals surface area contributed by atoms with Crippen LogP contribution < -0.4 is 4.90 Å². The quantitative estimate of drug-likeness (QED) is 0.156. The molecule has 1 heterocycles. The number of furan rings is 1. The maximum Gasteiger partial charge on any atom is 0.143 e. The van der Waals surface area contributed by atoms with E-state index < -0.39 is 0 Å². The summed E-state index contributed by atoms with van der Waals surface area (Å²) in [6.45, 7) is 6.20. The van der Waals surface area contributed by atoms with Crippen molar-refractivity contribution in [2.45, 2.75) is 6.92 Å². The first-order valence-electron chi connectivity index (χ1n) is 16.6. The van der Waals surface area contributed by atoms with Crippen molar-refractivity contribution in [1.29, 1.82) is 0 Å². The van der Waals surface area contributed by atoms with Crippen LogP contribution in [0.15, 0.2) is 199 Å². The maximum atomic E-state index is 6.60. The number of benzene rings is 7. The number of allylic oxidation sites excluding steroid dienone is 5. The van der Waals surface area contributed by atoms with Crippen LogP contribution in [0.5, 0.6) is 0 Å². The third-order valence-corrected chi connectivity index (χ3v) is 9.26. The van der Waals surface area contributed by atoms with Gasteiger partial charge in [-0.1, -0.05) is 158 Å². The summed E-state index contributed by atoms with van der Waals surface area (Å²) >= 11 is 0. The van der Waals surface area contributed by atoms with Gasteiger partial charge in [0.1, 0.15) is 11.2 Å². The minimum Gasteiger partial charge on any atom is -0.455 e. The van der Waals surface area contributed by atoms with Crippen LogP contribution in [0.25, 0.3) is 60.5 Å². The molecule has 234 valence electrons. The number of anilines is 2. The molecule has 7 aromatic carbocycles. The Morgan fingerprint density at radius 3 is 2.06 bits per heavy atom. The molecule has 2 nitrogen and oxygen atoms in total. The standard InChI is InChI=1S/C47H35NO/c1-3-4-21-39(37-29-27-35(28-30-37)34-16-7-5-8-17-34)33(2)48(38-19-9-6-10-20-38)44-25-14-13-23-41(44)42-24-15-26-45-46(42)43-32-31-36-18-11-12-22-40(36)47(43)49-45/h3-32H,1H2,2H3/b21-4-,39-33-. The molecule has 1 aromatic heterocycles. The monoisotopic (exact) mass is 629 g/mol. The maximum absolute atomic E-state index is 6.60. The van der Waals surface area contributed by atoms with Crippen LogP contribution >= 0.6 is 0 Å². The van der Waals surface area contributed by atoms with Crippen molar-refractivity contribution in [3.05, 3.63) is 200 Å². The highest BCUT2D eigenvalue weighted by Crippen LogP contribution is 2.45. The zero-order valence-corrected chi connectivity index (χ0v) is 27.4. The predicted molar refractivity (Wildman–Crippen MR) is 209 cm³/mol. The van der Waals surface area contributed by atoms with Crippen LogP contribution in [0.1, 0.15) is 12.5 Å². The molecule has 0 amide bonds. The second-order valence-electron chi connectivity index (χ2n) is 12.2. The SMILES string of the molecule is C=C/C=C\C(=C(/C)N(c1ccccc1)c1ccccc1-c1cccc2oc3c4ccccc4ccc3c12)c1ccc(-c2ccccc2)cc1. The molecule has 0 saturated heterocycles. The zero-order chi connectivity index (χ0) is 33.2. The Bertz CT molecular complexity index is 2500. The van der Waals surface area contributed by atoms with Crippen molar-refractivity contribution >= 4 is 49.7 Å². The fourth-order valence-corrected chi connectivity index (χ4v) is 6.95. The van der Waals surface area contributed by atoms with Gasteiger partial charge in [-0.05, 0) is 64.9 Å². The first kappa shape index (κ1) is 30.0. The predicted octanol–water partition coefficient (Wildman–Crippen LogP) is 13.4. The number of rotatable bonds is 8. The molecule has 49 heavy (non-hydrogen) atoms. The summed E-state index contributed by atoms with van der Waals surface area (Å²) < 4.78 is 6.60. The second-order valence-corrected chi connectivity index (χ2v) is 12.2. The highest BCUT2D eigenvalue weighted by atomic mass is 16.3. The van der Waals surface area contributed by atoms with E-state index in [-0.39, 0.29) is 0 Å². The molecule has 0 radical (unpaired) electrons. The summed E-state index contributed by atoms with van der Waals surface area (Å²) in [5.41, 5.74) is 11.9. The molecule has 2 heteroatoms. The fraction of sp³-hybridized carbons (Fsp3) is 0.0213. The van der Waals surface area contributed by atoms with Crippen molar-refractivity contribution in [2.75, 3.05) is 4.90 Å². The fourth-order valence-electron chi connectivity index (χ4n) is 6.95. The Kier molecular flexibility index (Phi) is 7.97. The third kappa shape index (κ3) is 5.54. The molecule has 8 rings (SSSR count). The third-order valence-electron chi connectivity index (χ3n) is 9.26. The molecule has 0 N–H and O–H groups in total. The first-order chi connectivity index (χ1) is 24.2. The summed E-state index contributed by atoms with van der Waals surface area (Å²) in [7, 11) is 0. The molecule has 0 saturated carbocycles. The summed E-state index contributed by atoms with van der Waals surface area (Å²) in [5, 5.41) is 4.53. The van der Waals surface area contributed by atoms with Gasteiger partial charge in [0.2, 0.25) is 0 Å². The Balaban J connectivity index is 1.35. The van der Waals surface area contributed by atoms with E-state index in [1.807, 2.05) is 12.2 Å². The number of fused-ring (bicyclic) bond motifs is 5.